The Hall–Kier alpha value is -2.91. The zero-order chi connectivity index (χ0) is 22.0. The SMILES string of the molecule is C=CC(=O)N1[C@H](c2cc(Cl)nc(-c3ccc(F)c(C(N)=O)c3)c2)COC[C@H]1C(F)F. The first-order valence-electron chi connectivity index (χ1n) is 8.80. The van der Waals surface area contributed by atoms with Crippen molar-refractivity contribution in [2.45, 2.75) is 18.5 Å². The van der Waals surface area contributed by atoms with Crippen LogP contribution in [-0.4, -0.2) is 47.4 Å². The summed E-state index contributed by atoms with van der Waals surface area (Å²) in [4.78, 5) is 28.9. The molecule has 2 N–H and O–H groups in total. The van der Waals surface area contributed by atoms with E-state index in [-0.39, 0.29) is 29.6 Å². The smallest absolute Gasteiger partial charge is 0.260 e. The normalized spacial score (nSPS) is 19.0. The Balaban J connectivity index is 2.08. The number of nitrogens with two attached hydrogens (primary N) is 1. The van der Waals surface area contributed by atoms with Gasteiger partial charge in [0.15, 0.2) is 0 Å². The van der Waals surface area contributed by atoms with Gasteiger partial charge in [-0.25, -0.2) is 18.2 Å². The van der Waals surface area contributed by atoms with Crippen LogP contribution in [0.1, 0.15) is 22.0 Å². The lowest BCUT2D eigenvalue weighted by Crippen LogP contribution is -2.53. The molecular weight excluding hydrogens is 423 g/mol. The number of rotatable bonds is 5. The van der Waals surface area contributed by atoms with Gasteiger partial charge in [0.2, 0.25) is 5.91 Å². The summed E-state index contributed by atoms with van der Waals surface area (Å²) in [7, 11) is 0. The van der Waals surface area contributed by atoms with Gasteiger partial charge in [-0.1, -0.05) is 18.2 Å². The number of ether oxygens (including phenoxy) is 1. The van der Waals surface area contributed by atoms with Gasteiger partial charge in [-0.15, -0.1) is 0 Å². The van der Waals surface area contributed by atoms with Gasteiger partial charge in [0.25, 0.3) is 12.3 Å². The second kappa shape index (κ2) is 8.85. The molecule has 1 aromatic carbocycles. The number of hydrogen-bond donors (Lipinski definition) is 1. The van der Waals surface area contributed by atoms with E-state index in [1.807, 2.05) is 0 Å². The number of hydrogen-bond acceptors (Lipinski definition) is 4. The van der Waals surface area contributed by atoms with Crippen LogP contribution in [0.3, 0.4) is 0 Å². The minimum atomic E-state index is -2.83. The number of carbonyl (C=O) groups excluding carboxylic acids is 2. The van der Waals surface area contributed by atoms with Crippen LogP contribution in [0, 0.1) is 5.82 Å². The zero-order valence-electron chi connectivity index (χ0n) is 15.5. The molecule has 158 valence electrons. The van der Waals surface area contributed by atoms with Crippen molar-refractivity contribution in [3.05, 3.63) is 65.1 Å². The Morgan fingerprint density at radius 1 is 1.30 bits per heavy atom. The highest BCUT2D eigenvalue weighted by Gasteiger charge is 2.40. The second-order valence-corrected chi connectivity index (χ2v) is 6.96. The molecule has 3 rings (SSSR count). The van der Waals surface area contributed by atoms with Crippen molar-refractivity contribution in [1.82, 2.24) is 9.88 Å². The lowest BCUT2D eigenvalue weighted by molar-refractivity contribution is -0.151. The van der Waals surface area contributed by atoms with Gasteiger partial charge >= 0.3 is 0 Å². The number of benzene rings is 1. The van der Waals surface area contributed by atoms with E-state index in [0.717, 1.165) is 17.0 Å². The fourth-order valence-corrected chi connectivity index (χ4v) is 3.51. The average Bonchev–Trinajstić information content (AvgIpc) is 2.72. The summed E-state index contributed by atoms with van der Waals surface area (Å²) in [6.07, 6.45) is -1.88. The molecule has 2 amide bonds. The monoisotopic (exact) mass is 439 g/mol. The average molecular weight is 440 g/mol. The number of amides is 2. The summed E-state index contributed by atoms with van der Waals surface area (Å²) in [5.41, 5.74) is 5.80. The van der Waals surface area contributed by atoms with E-state index >= 15 is 0 Å². The van der Waals surface area contributed by atoms with Crippen LogP contribution >= 0.6 is 11.6 Å². The van der Waals surface area contributed by atoms with Crippen molar-refractivity contribution in [2.24, 2.45) is 5.73 Å². The molecule has 10 heteroatoms. The summed E-state index contributed by atoms with van der Waals surface area (Å²) < 4.78 is 46.1. The van der Waals surface area contributed by atoms with Gasteiger partial charge in [-0.3, -0.25) is 9.59 Å². The van der Waals surface area contributed by atoms with Crippen molar-refractivity contribution in [1.29, 1.82) is 0 Å². The summed E-state index contributed by atoms with van der Waals surface area (Å²) in [5.74, 6) is -2.43. The topological polar surface area (TPSA) is 85.5 Å². The number of primary amides is 1. The van der Waals surface area contributed by atoms with Crippen molar-refractivity contribution in [3.8, 4) is 11.3 Å². The molecule has 30 heavy (non-hydrogen) atoms. The first-order valence-corrected chi connectivity index (χ1v) is 9.18. The Kier molecular flexibility index (Phi) is 6.42. The number of pyridine rings is 1. The van der Waals surface area contributed by atoms with Gasteiger partial charge in [0.05, 0.1) is 30.5 Å². The highest BCUT2D eigenvalue weighted by Crippen LogP contribution is 2.33. The summed E-state index contributed by atoms with van der Waals surface area (Å²) in [5, 5.41) is 0.0117. The van der Waals surface area contributed by atoms with Crippen LogP contribution in [0.15, 0.2) is 43.0 Å². The summed E-state index contributed by atoms with van der Waals surface area (Å²) in [6.45, 7) is 3.02. The molecule has 0 radical (unpaired) electrons. The largest absolute Gasteiger partial charge is 0.377 e. The predicted octanol–water partition coefficient (Wildman–Crippen LogP) is 3.36. The Labute approximate surface area is 175 Å². The molecule has 0 saturated carbocycles. The van der Waals surface area contributed by atoms with Crippen molar-refractivity contribution in [3.63, 3.8) is 0 Å². The molecule has 0 aliphatic carbocycles. The van der Waals surface area contributed by atoms with Gasteiger partial charge in [0, 0.05) is 5.56 Å². The third kappa shape index (κ3) is 4.31. The first-order chi connectivity index (χ1) is 14.2. The van der Waals surface area contributed by atoms with E-state index in [9.17, 15) is 22.8 Å². The zero-order valence-corrected chi connectivity index (χ0v) is 16.3. The highest BCUT2D eigenvalue weighted by atomic mass is 35.5. The van der Waals surface area contributed by atoms with Gasteiger partial charge in [-0.05, 0) is 42.0 Å². The van der Waals surface area contributed by atoms with E-state index in [1.165, 1.54) is 24.3 Å². The quantitative estimate of drug-likeness (QED) is 0.572. The van der Waals surface area contributed by atoms with Crippen LogP contribution < -0.4 is 5.73 Å². The van der Waals surface area contributed by atoms with E-state index in [0.29, 0.717) is 11.1 Å². The van der Waals surface area contributed by atoms with Gasteiger partial charge in [-0.2, -0.15) is 0 Å². The number of carbonyl (C=O) groups is 2. The van der Waals surface area contributed by atoms with E-state index in [4.69, 9.17) is 22.1 Å². The standard InChI is InChI=1S/C20H17ClF3N3O3/c1-2-18(28)27-15(8-30-9-16(27)19(23)24)11-6-14(26-17(21)7-11)10-3-4-13(22)12(5-10)20(25)29/h2-7,15-16,19H,1,8-9H2,(H2,25,29)/t15-,16-/m0/s1. The molecule has 2 atom stereocenters. The lowest BCUT2D eigenvalue weighted by atomic mass is 9.99. The molecule has 0 bridgehead atoms. The first kappa shape index (κ1) is 21.8. The Morgan fingerprint density at radius 2 is 2.03 bits per heavy atom. The van der Waals surface area contributed by atoms with Crippen molar-refractivity contribution < 1.29 is 27.5 Å². The van der Waals surface area contributed by atoms with Crippen LogP contribution in [0.5, 0.6) is 0 Å². The molecule has 1 saturated heterocycles. The number of nitrogens with zero attached hydrogens (tertiary/aromatic N) is 2. The Bertz CT molecular complexity index is 1000. The second-order valence-electron chi connectivity index (χ2n) is 6.57. The molecule has 0 unspecified atom stereocenters. The van der Waals surface area contributed by atoms with Crippen LogP contribution in [0.25, 0.3) is 11.3 Å². The maximum absolute atomic E-state index is 13.8. The Morgan fingerprint density at radius 3 is 2.67 bits per heavy atom. The maximum Gasteiger partial charge on any atom is 0.260 e. The third-order valence-corrected chi connectivity index (χ3v) is 4.90. The van der Waals surface area contributed by atoms with E-state index < -0.39 is 36.1 Å². The molecule has 1 aromatic heterocycles. The summed E-state index contributed by atoms with van der Waals surface area (Å²) >= 11 is 6.12. The fraction of sp³-hybridized carbons (Fsp3) is 0.250. The number of alkyl halides is 2. The molecule has 0 spiro atoms. The van der Waals surface area contributed by atoms with Gasteiger partial charge in [0.1, 0.15) is 17.0 Å². The maximum atomic E-state index is 13.8. The number of aromatic nitrogens is 1. The molecule has 1 fully saturated rings. The van der Waals surface area contributed by atoms with Crippen LogP contribution in [-0.2, 0) is 9.53 Å². The van der Waals surface area contributed by atoms with E-state index in [2.05, 4.69) is 11.6 Å². The minimum Gasteiger partial charge on any atom is -0.377 e. The van der Waals surface area contributed by atoms with Crippen molar-refractivity contribution >= 4 is 23.4 Å². The molecular formula is C20H17ClF3N3O3. The predicted molar refractivity (Wildman–Crippen MR) is 104 cm³/mol. The minimum absolute atomic E-state index is 0.0117. The highest BCUT2D eigenvalue weighted by molar-refractivity contribution is 6.29. The van der Waals surface area contributed by atoms with Crippen molar-refractivity contribution in [2.75, 3.05) is 13.2 Å². The van der Waals surface area contributed by atoms with Crippen LogP contribution in [0.4, 0.5) is 13.2 Å². The molecule has 2 heterocycles. The summed E-state index contributed by atoms with van der Waals surface area (Å²) in [6, 6.07) is 4.24. The molecule has 2 aromatic rings. The number of halogens is 4. The van der Waals surface area contributed by atoms with Gasteiger partial charge < -0.3 is 15.4 Å². The molecule has 1 aliphatic rings. The number of morpholine rings is 1. The van der Waals surface area contributed by atoms with Crippen LogP contribution in [0.2, 0.25) is 5.15 Å². The third-order valence-electron chi connectivity index (χ3n) is 4.71. The molecule has 6 nitrogen and oxygen atoms in total. The fourth-order valence-electron chi connectivity index (χ4n) is 3.30. The van der Waals surface area contributed by atoms with E-state index in [1.54, 1.807) is 0 Å². The molecule has 1 aliphatic heterocycles. The lowest BCUT2D eigenvalue weighted by Gasteiger charge is -2.41.